The average molecular weight is 220 g/mol. The van der Waals surface area contributed by atoms with Crippen molar-refractivity contribution in [3.8, 4) is 5.75 Å². The Labute approximate surface area is 97.2 Å². The second kappa shape index (κ2) is 5.32. The minimum absolute atomic E-state index is 0.889. The Hall–Kier alpha value is -1.06. The molecule has 0 saturated carbocycles. The normalized spacial score (nSPS) is 14.6. The molecule has 0 aromatic heterocycles. The lowest BCUT2D eigenvalue weighted by atomic mass is 9.97. The summed E-state index contributed by atoms with van der Waals surface area (Å²) in [5.41, 5.74) is 4.11. The van der Waals surface area contributed by atoms with Gasteiger partial charge in [0.1, 0.15) is 5.75 Å². The first-order valence-electron chi connectivity index (χ1n) is 5.95. The van der Waals surface area contributed by atoms with Crippen molar-refractivity contribution in [1.82, 2.24) is 10.6 Å². The van der Waals surface area contributed by atoms with Crippen LogP contribution in [-0.2, 0) is 19.5 Å². The maximum Gasteiger partial charge on any atom is 0.123 e. The summed E-state index contributed by atoms with van der Waals surface area (Å²) in [5, 5.41) is 6.73. The molecule has 1 aromatic rings. The molecule has 88 valence electrons. The number of benzene rings is 1. The van der Waals surface area contributed by atoms with Gasteiger partial charge in [0.2, 0.25) is 0 Å². The smallest absolute Gasteiger partial charge is 0.123 e. The van der Waals surface area contributed by atoms with Gasteiger partial charge in [-0.25, -0.2) is 0 Å². The van der Waals surface area contributed by atoms with E-state index in [-0.39, 0.29) is 0 Å². The molecule has 0 saturated heterocycles. The fourth-order valence-electron chi connectivity index (χ4n) is 2.15. The lowest BCUT2D eigenvalue weighted by Gasteiger charge is -2.20. The molecule has 16 heavy (non-hydrogen) atoms. The van der Waals surface area contributed by atoms with E-state index < -0.39 is 0 Å². The molecule has 1 aromatic carbocycles. The van der Waals surface area contributed by atoms with Crippen LogP contribution in [0.3, 0.4) is 0 Å². The Kier molecular flexibility index (Phi) is 3.80. The van der Waals surface area contributed by atoms with E-state index >= 15 is 0 Å². The van der Waals surface area contributed by atoms with Crippen molar-refractivity contribution in [2.24, 2.45) is 0 Å². The topological polar surface area (TPSA) is 33.3 Å². The molecule has 0 spiro atoms. The third-order valence-electron chi connectivity index (χ3n) is 3.05. The third-order valence-corrected chi connectivity index (χ3v) is 3.05. The van der Waals surface area contributed by atoms with Crippen molar-refractivity contribution in [2.75, 3.05) is 20.2 Å². The SMILES string of the molecule is CCNCc1cc2c(cc1OC)CNCC2. The van der Waals surface area contributed by atoms with Gasteiger partial charge in [-0.05, 0) is 36.7 Å². The van der Waals surface area contributed by atoms with Crippen LogP contribution >= 0.6 is 0 Å². The molecule has 0 bridgehead atoms. The highest BCUT2D eigenvalue weighted by atomic mass is 16.5. The van der Waals surface area contributed by atoms with Crippen molar-refractivity contribution in [3.63, 3.8) is 0 Å². The van der Waals surface area contributed by atoms with E-state index in [9.17, 15) is 0 Å². The molecule has 3 nitrogen and oxygen atoms in total. The molecule has 0 unspecified atom stereocenters. The van der Waals surface area contributed by atoms with Gasteiger partial charge in [-0.1, -0.05) is 13.0 Å². The van der Waals surface area contributed by atoms with Crippen LogP contribution in [0.2, 0.25) is 0 Å². The highest BCUT2D eigenvalue weighted by Gasteiger charge is 2.13. The Bertz CT molecular complexity index is 363. The third kappa shape index (κ3) is 2.36. The molecular weight excluding hydrogens is 200 g/mol. The van der Waals surface area contributed by atoms with E-state index in [4.69, 9.17) is 4.74 Å². The van der Waals surface area contributed by atoms with Gasteiger partial charge in [-0.3, -0.25) is 0 Å². The van der Waals surface area contributed by atoms with Gasteiger partial charge >= 0.3 is 0 Å². The van der Waals surface area contributed by atoms with Gasteiger partial charge in [-0.15, -0.1) is 0 Å². The largest absolute Gasteiger partial charge is 0.496 e. The van der Waals surface area contributed by atoms with Gasteiger partial charge in [0.25, 0.3) is 0 Å². The first kappa shape index (κ1) is 11.4. The summed E-state index contributed by atoms with van der Waals surface area (Å²) < 4.78 is 5.44. The van der Waals surface area contributed by atoms with Crippen molar-refractivity contribution >= 4 is 0 Å². The first-order valence-corrected chi connectivity index (χ1v) is 5.95. The van der Waals surface area contributed by atoms with Gasteiger partial charge in [0.05, 0.1) is 7.11 Å². The number of fused-ring (bicyclic) bond motifs is 1. The highest BCUT2D eigenvalue weighted by molar-refractivity contribution is 5.43. The van der Waals surface area contributed by atoms with E-state index in [0.29, 0.717) is 0 Å². The number of rotatable bonds is 4. The molecule has 1 heterocycles. The molecular formula is C13H20N2O. The summed E-state index contributed by atoms with van der Waals surface area (Å²) in [6.45, 7) is 6.05. The zero-order valence-corrected chi connectivity index (χ0v) is 10.1. The van der Waals surface area contributed by atoms with E-state index in [1.807, 2.05) is 0 Å². The minimum atomic E-state index is 0.889. The van der Waals surface area contributed by atoms with Crippen LogP contribution in [0.5, 0.6) is 5.75 Å². The van der Waals surface area contributed by atoms with Gasteiger partial charge in [-0.2, -0.15) is 0 Å². The van der Waals surface area contributed by atoms with Crippen molar-refractivity contribution < 1.29 is 4.74 Å². The number of ether oxygens (including phenoxy) is 1. The standard InChI is InChI=1S/C13H20N2O/c1-3-14-9-12-6-10-4-5-15-8-11(10)7-13(12)16-2/h6-7,14-15H,3-5,8-9H2,1-2H3. The summed E-state index contributed by atoms with van der Waals surface area (Å²) in [7, 11) is 1.74. The molecule has 2 rings (SSSR count). The zero-order valence-electron chi connectivity index (χ0n) is 10.1. The van der Waals surface area contributed by atoms with E-state index in [0.717, 1.165) is 38.3 Å². The highest BCUT2D eigenvalue weighted by Crippen LogP contribution is 2.25. The predicted molar refractivity (Wildman–Crippen MR) is 65.8 cm³/mol. The Morgan fingerprint density at radius 1 is 1.38 bits per heavy atom. The van der Waals surface area contributed by atoms with E-state index in [2.05, 4.69) is 29.7 Å². The summed E-state index contributed by atoms with van der Waals surface area (Å²) in [5.74, 6) is 1.00. The Morgan fingerprint density at radius 3 is 3.00 bits per heavy atom. The number of nitrogens with one attached hydrogen (secondary N) is 2. The molecule has 0 amide bonds. The monoisotopic (exact) mass is 220 g/mol. The molecule has 0 aliphatic carbocycles. The van der Waals surface area contributed by atoms with Crippen molar-refractivity contribution in [2.45, 2.75) is 26.4 Å². The minimum Gasteiger partial charge on any atom is -0.496 e. The lowest BCUT2D eigenvalue weighted by Crippen LogP contribution is -2.24. The molecule has 1 aliphatic rings. The fourth-order valence-corrected chi connectivity index (χ4v) is 2.15. The molecule has 2 N–H and O–H groups in total. The lowest BCUT2D eigenvalue weighted by molar-refractivity contribution is 0.406. The van der Waals surface area contributed by atoms with Crippen molar-refractivity contribution in [3.05, 3.63) is 28.8 Å². The van der Waals surface area contributed by atoms with Crippen LogP contribution in [-0.4, -0.2) is 20.2 Å². The fraction of sp³-hybridized carbons (Fsp3) is 0.538. The summed E-state index contributed by atoms with van der Waals surface area (Å²) in [6, 6.07) is 4.46. The van der Waals surface area contributed by atoms with Crippen LogP contribution < -0.4 is 15.4 Å². The van der Waals surface area contributed by atoms with Gasteiger partial charge < -0.3 is 15.4 Å². The quantitative estimate of drug-likeness (QED) is 0.806. The Morgan fingerprint density at radius 2 is 2.25 bits per heavy atom. The summed E-state index contributed by atoms with van der Waals surface area (Å²) in [6.07, 6.45) is 1.12. The van der Waals surface area contributed by atoms with Crippen LogP contribution in [0.25, 0.3) is 0 Å². The molecule has 0 radical (unpaired) electrons. The Balaban J connectivity index is 2.28. The van der Waals surface area contributed by atoms with Gasteiger partial charge in [0, 0.05) is 18.7 Å². The number of hydrogen-bond donors (Lipinski definition) is 2. The molecule has 0 atom stereocenters. The maximum atomic E-state index is 5.44. The zero-order chi connectivity index (χ0) is 11.4. The van der Waals surface area contributed by atoms with E-state index in [1.165, 1.54) is 16.7 Å². The molecule has 1 aliphatic heterocycles. The van der Waals surface area contributed by atoms with Crippen LogP contribution in [0, 0.1) is 0 Å². The van der Waals surface area contributed by atoms with Crippen LogP contribution in [0.4, 0.5) is 0 Å². The van der Waals surface area contributed by atoms with Crippen LogP contribution in [0.1, 0.15) is 23.6 Å². The summed E-state index contributed by atoms with van der Waals surface area (Å²) in [4.78, 5) is 0. The van der Waals surface area contributed by atoms with Gasteiger partial charge in [0.15, 0.2) is 0 Å². The number of hydrogen-bond acceptors (Lipinski definition) is 3. The maximum absolute atomic E-state index is 5.44. The number of methoxy groups -OCH3 is 1. The second-order valence-corrected chi connectivity index (χ2v) is 4.14. The first-order chi connectivity index (χ1) is 7.85. The molecule has 0 fully saturated rings. The van der Waals surface area contributed by atoms with E-state index in [1.54, 1.807) is 7.11 Å². The second-order valence-electron chi connectivity index (χ2n) is 4.14. The molecule has 3 heteroatoms. The van der Waals surface area contributed by atoms with Crippen molar-refractivity contribution in [1.29, 1.82) is 0 Å². The summed E-state index contributed by atoms with van der Waals surface area (Å²) >= 11 is 0. The van der Waals surface area contributed by atoms with Crippen LogP contribution in [0.15, 0.2) is 12.1 Å². The predicted octanol–water partition coefficient (Wildman–Crippen LogP) is 1.45. The average Bonchev–Trinajstić information content (AvgIpc) is 2.35.